The number of halogens is 1. The summed E-state index contributed by atoms with van der Waals surface area (Å²) in [5.41, 5.74) is 3.06. The molecule has 0 aliphatic carbocycles. The van der Waals surface area contributed by atoms with Crippen molar-refractivity contribution in [2.45, 2.75) is 20.8 Å². The molecule has 0 saturated carbocycles. The number of H-pyrrole nitrogens is 1. The van der Waals surface area contributed by atoms with Gasteiger partial charge < -0.3 is 19.8 Å². The van der Waals surface area contributed by atoms with Crippen molar-refractivity contribution in [1.29, 1.82) is 0 Å². The van der Waals surface area contributed by atoms with Crippen LogP contribution in [0.3, 0.4) is 0 Å². The molecule has 0 spiro atoms. The highest BCUT2D eigenvalue weighted by molar-refractivity contribution is 6.31. The first-order valence-electron chi connectivity index (χ1n) is 7.23. The fourth-order valence-corrected chi connectivity index (χ4v) is 2.65. The van der Waals surface area contributed by atoms with Gasteiger partial charge >= 0.3 is 5.97 Å². The molecular weight excluding hydrogens is 332 g/mol. The number of ether oxygens (including phenoxy) is 2. The van der Waals surface area contributed by atoms with Gasteiger partial charge in [-0.15, -0.1) is 0 Å². The second kappa shape index (κ2) is 6.97. The molecule has 2 rings (SSSR count). The van der Waals surface area contributed by atoms with Gasteiger partial charge in [-0.1, -0.05) is 11.6 Å². The molecule has 1 amide bonds. The fraction of sp³-hybridized carbons (Fsp3) is 0.294. The predicted octanol–water partition coefficient (Wildman–Crippen LogP) is 3.64. The van der Waals surface area contributed by atoms with Gasteiger partial charge in [0, 0.05) is 16.8 Å². The average molecular weight is 351 g/mol. The maximum absolute atomic E-state index is 12.6. The zero-order valence-electron chi connectivity index (χ0n) is 14.2. The maximum atomic E-state index is 12.6. The predicted molar refractivity (Wildman–Crippen MR) is 92.3 cm³/mol. The summed E-state index contributed by atoms with van der Waals surface area (Å²) in [5, 5.41) is 3.32. The molecule has 0 fully saturated rings. The molecule has 7 heteroatoms. The van der Waals surface area contributed by atoms with Gasteiger partial charge in [0.2, 0.25) is 0 Å². The van der Waals surface area contributed by atoms with Crippen LogP contribution in [0.25, 0.3) is 0 Å². The number of hydrogen-bond donors (Lipinski definition) is 2. The monoisotopic (exact) mass is 350 g/mol. The standard InChI is InChI=1S/C17H19ClN2O4/c1-8-6-12(13(23-4)7-11(8)18)20-16(21)15-9(2)14(10(3)19-15)17(22)24-5/h6-7,19H,1-5H3,(H,20,21). The number of carbonyl (C=O) groups excluding carboxylic acids is 2. The minimum atomic E-state index is -0.486. The number of anilines is 1. The molecule has 1 aromatic carbocycles. The van der Waals surface area contributed by atoms with E-state index < -0.39 is 5.97 Å². The van der Waals surface area contributed by atoms with Crippen molar-refractivity contribution < 1.29 is 19.1 Å². The van der Waals surface area contributed by atoms with Crippen LogP contribution in [0, 0.1) is 20.8 Å². The third kappa shape index (κ3) is 3.23. The van der Waals surface area contributed by atoms with Crippen LogP contribution in [0.1, 0.15) is 37.7 Å². The van der Waals surface area contributed by atoms with E-state index in [1.54, 1.807) is 26.0 Å². The number of amides is 1. The molecule has 0 aliphatic rings. The summed E-state index contributed by atoms with van der Waals surface area (Å²) >= 11 is 6.07. The van der Waals surface area contributed by atoms with Gasteiger partial charge in [0.1, 0.15) is 11.4 Å². The Morgan fingerprint density at radius 3 is 2.42 bits per heavy atom. The number of methoxy groups -OCH3 is 2. The summed E-state index contributed by atoms with van der Waals surface area (Å²) in [6.07, 6.45) is 0. The van der Waals surface area contributed by atoms with Crippen LogP contribution < -0.4 is 10.1 Å². The normalized spacial score (nSPS) is 10.4. The molecule has 0 saturated heterocycles. The van der Waals surface area contributed by atoms with Gasteiger partial charge in [0.15, 0.2) is 0 Å². The van der Waals surface area contributed by atoms with Crippen LogP contribution in [-0.4, -0.2) is 31.1 Å². The van der Waals surface area contributed by atoms with E-state index in [0.717, 1.165) is 5.56 Å². The van der Waals surface area contributed by atoms with Crippen molar-refractivity contribution in [2.75, 3.05) is 19.5 Å². The lowest BCUT2D eigenvalue weighted by Gasteiger charge is -2.12. The third-order valence-electron chi connectivity index (χ3n) is 3.78. The number of esters is 1. The third-order valence-corrected chi connectivity index (χ3v) is 4.19. The van der Waals surface area contributed by atoms with Gasteiger partial charge in [0.05, 0.1) is 25.5 Å². The molecule has 24 heavy (non-hydrogen) atoms. The van der Waals surface area contributed by atoms with E-state index in [0.29, 0.717) is 39.0 Å². The Labute approximate surface area is 145 Å². The van der Waals surface area contributed by atoms with E-state index in [1.807, 2.05) is 6.92 Å². The molecule has 6 nitrogen and oxygen atoms in total. The quantitative estimate of drug-likeness (QED) is 0.825. The molecule has 2 N–H and O–H groups in total. The van der Waals surface area contributed by atoms with Crippen LogP contribution in [0.15, 0.2) is 12.1 Å². The van der Waals surface area contributed by atoms with E-state index in [-0.39, 0.29) is 5.91 Å². The van der Waals surface area contributed by atoms with E-state index in [1.165, 1.54) is 14.2 Å². The van der Waals surface area contributed by atoms with E-state index in [9.17, 15) is 9.59 Å². The van der Waals surface area contributed by atoms with Gasteiger partial charge in [-0.2, -0.15) is 0 Å². The average Bonchev–Trinajstić information content (AvgIpc) is 2.84. The molecule has 1 heterocycles. The molecule has 0 bridgehead atoms. The molecule has 0 unspecified atom stereocenters. The first-order chi connectivity index (χ1) is 11.3. The maximum Gasteiger partial charge on any atom is 0.339 e. The summed E-state index contributed by atoms with van der Waals surface area (Å²) in [4.78, 5) is 27.3. The number of rotatable bonds is 4. The second-order valence-electron chi connectivity index (χ2n) is 5.37. The van der Waals surface area contributed by atoms with Gasteiger partial charge in [-0.3, -0.25) is 4.79 Å². The summed E-state index contributed by atoms with van der Waals surface area (Å²) in [6.45, 7) is 5.23. The Morgan fingerprint density at radius 2 is 1.83 bits per heavy atom. The van der Waals surface area contributed by atoms with Crippen LogP contribution in [0.5, 0.6) is 5.75 Å². The summed E-state index contributed by atoms with van der Waals surface area (Å²) < 4.78 is 10.00. The van der Waals surface area contributed by atoms with Gasteiger partial charge in [0.25, 0.3) is 5.91 Å². The molecule has 0 atom stereocenters. The highest BCUT2D eigenvalue weighted by Crippen LogP contribution is 2.31. The minimum Gasteiger partial charge on any atom is -0.495 e. The van der Waals surface area contributed by atoms with Gasteiger partial charge in [-0.25, -0.2) is 4.79 Å². The number of benzene rings is 1. The number of hydrogen-bond acceptors (Lipinski definition) is 4. The van der Waals surface area contributed by atoms with Crippen molar-refractivity contribution in [3.8, 4) is 5.75 Å². The highest BCUT2D eigenvalue weighted by atomic mass is 35.5. The van der Waals surface area contributed by atoms with Crippen LogP contribution >= 0.6 is 11.6 Å². The highest BCUT2D eigenvalue weighted by Gasteiger charge is 2.23. The first kappa shape index (κ1) is 17.9. The SMILES string of the molecule is COC(=O)c1c(C)[nH]c(C(=O)Nc2cc(C)c(Cl)cc2OC)c1C. The van der Waals surface area contributed by atoms with Crippen molar-refractivity contribution >= 4 is 29.2 Å². The lowest BCUT2D eigenvalue weighted by molar-refractivity contribution is 0.0599. The Kier molecular flexibility index (Phi) is 5.19. The molecule has 0 aliphatic heterocycles. The molecular formula is C17H19ClN2O4. The largest absolute Gasteiger partial charge is 0.495 e. The van der Waals surface area contributed by atoms with Crippen molar-refractivity contribution in [3.63, 3.8) is 0 Å². The smallest absolute Gasteiger partial charge is 0.339 e. The number of aromatic nitrogens is 1. The van der Waals surface area contributed by atoms with Crippen LogP contribution in [-0.2, 0) is 4.74 Å². The molecule has 1 aromatic heterocycles. The summed E-state index contributed by atoms with van der Waals surface area (Å²) in [7, 11) is 2.80. The van der Waals surface area contributed by atoms with Crippen molar-refractivity contribution in [1.82, 2.24) is 4.98 Å². The number of aromatic amines is 1. The van der Waals surface area contributed by atoms with Crippen LogP contribution in [0.2, 0.25) is 5.02 Å². The second-order valence-corrected chi connectivity index (χ2v) is 5.78. The van der Waals surface area contributed by atoms with Crippen molar-refractivity contribution in [2.24, 2.45) is 0 Å². The Balaban J connectivity index is 2.38. The lowest BCUT2D eigenvalue weighted by atomic mass is 10.1. The van der Waals surface area contributed by atoms with E-state index in [2.05, 4.69) is 10.3 Å². The van der Waals surface area contributed by atoms with Crippen molar-refractivity contribution in [3.05, 3.63) is 45.2 Å². The summed E-state index contributed by atoms with van der Waals surface area (Å²) in [6, 6.07) is 3.37. The van der Waals surface area contributed by atoms with Crippen LogP contribution in [0.4, 0.5) is 5.69 Å². The Bertz CT molecular complexity index is 811. The number of nitrogens with one attached hydrogen (secondary N) is 2. The Hall–Kier alpha value is -2.47. The summed E-state index contributed by atoms with van der Waals surface area (Å²) in [5.74, 6) is -0.418. The van der Waals surface area contributed by atoms with Gasteiger partial charge in [-0.05, 0) is 38.0 Å². The molecule has 128 valence electrons. The molecule has 2 aromatic rings. The number of aryl methyl sites for hydroxylation is 2. The minimum absolute atomic E-state index is 0.294. The topological polar surface area (TPSA) is 80.4 Å². The van der Waals surface area contributed by atoms with E-state index in [4.69, 9.17) is 21.1 Å². The number of carbonyl (C=O) groups is 2. The zero-order chi connectivity index (χ0) is 18.0. The Morgan fingerprint density at radius 1 is 1.17 bits per heavy atom. The first-order valence-corrected chi connectivity index (χ1v) is 7.60. The fourth-order valence-electron chi connectivity index (χ4n) is 2.50. The zero-order valence-corrected chi connectivity index (χ0v) is 14.9. The molecule has 0 radical (unpaired) electrons. The lowest BCUT2D eigenvalue weighted by Crippen LogP contribution is -2.15. The van der Waals surface area contributed by atoms with E-state index >= 15 is 0 Å².